The van der Waals surface area contributed by atoms with Gasteiger partial charge in [-0.15, -0.1) is 0 Å². The third kappa shape index (κ3) is 2.06. The minimum Gasteiger partial charge on any atom is -0.495 e. The molecule has 0 bridgehead atoms. The lowest BCUT2D eigenvalue weighted by Gasteiger charge is -2.02. The van der Waals surface area contributed by atoms with E-state index in [-0.39, 0.29) is 0 Å². The first-order valence-electron chi connectivity index (χ1n) is 6.55. The largest absolute Gasteiger partial charge is 0.495 e. The molecule has 0 aromatic carbocycles. The lowest BCUT2D eigenvalue weighted by molar-refractivity contribution is 0.413. The van der Waals surface area contributed by atoms with Crippen LogP contribution in [0, 0.1) is 0 Å². The SMILES string of the molecule is COc1ccc(-n2cnc(-c3cc4n[nH]nc4cn3)c2)nc1. The number of hydrogen-bond donors (Lipinski definition) is 1. The maximum absolute atomic E-state index is 5.10. The highest BCUT2D eigenvalue weighted by molar-refractivity contribution is 5.76. The van der Waals surface area contributed by atoms with E-state index in [4.69, 9.17) is 4.74 Å². The van der Waals surface area contributed by atoms with Gasteiger partial charge in [-0.3, -0.25) is 9.55 Å². The van der Waals surface area contributed by atoms with E-state index in [1.807, 2.05) is 29.0 Å². The van der Waals surface area contributed by atoms with Crippen LogP contribution >= 0.6 is 0 Å². The summed E-state index contributed by atoms with van der Waals surface area (Å²) >= 11 is 0. The molecule has 4 heterocycles. The van der Waals surface area contributed by atoms with Gasteiger partial charge in [0.1, 0.15) is 34.6 Å². The van der Waals surface area contributed by atoms with Crippen molar-refractivity contribution in [2.75, 3.05) is 7.11 Å². The van der Waals surface area contributed by atoms with Crippen LogP contribution in [0.2, 0.25) is 0 Å². The molecule has 8 nitrogen and oxygen atoms in total. The van der Waals surface area contributed by atoms with E-state index < -0.39 is 0 Å². The molecule has 0 fully saturated rings. The van der Waals surface area contributed by atoms with Crippen LogP contribution in [0.1, 0.15) is 0 Å². The minimum atomic E-state index is 0.710. The van der Waals surface area contributed by atoms with Crippen molar-refractivity contribution in [3.05, 3.63) is 43.1 Å². The fourth-order valence-electron chi connectivity index (χ4n) is 2.11. The van der Waals surface area contributed by atoms with Crippen LogP contribution in [0.5, 0.6) is 5.75 Å². The second-order valence-corrected chi connectivity index (χ2v) is 4.60. The van der Waals surface area contributed by atoms with Crippen molar-refractivity contribution in [3.8, 4) is 23.0 Å². The van der Waals surface area contributed by atoms with Crippen LogP contribution in [-0.2, 0) is 0 Å². The molecule has 0 aliphatic rings. The highest BCUT2D eigenvalue weighted by Crippen LogP contribution is 2.19. The number of nitrogens with zero attached hydrogens (tertiary/aromatic N) is 6. The van der Waals surface area contributed by atoms with Crippen LogP contribution in [-0.4, -0.2) is 42.0 Å². The average molecular weight is 293 g/mol. The number of hydrogen-bond acceptors (Lipinski definition) is 6. The first kappa shape index (κ1) is 12.5. The second-order valence-electron chi connectivity index (χ2n) is 4.60. The summed E-state index contributed by atoms with van der Waals surface area (Å²) in [6.07, 6.45) is 6.88. The lowest BCUT2D eigenvalue weighted by Crippen LogP contribution is -1.94. The summed E-state index contributed by atoms with van der Waals surface area (Å²) < 4.78 is 6.92. The zero-order chi connectivity index (χ0) is 14.9. The van der Waals surface area contributed by atoms with Gasteiger partial charge in [-0.1, -0.05) is 0 Å². The molecule has 0 unspecified atom stereocenters. The minimum absolute atomic E-state index is 0.710. The van der Waals surface area contributed by atoms with Gasteiger partial charge in [0.25, 0.3) is 0 Å². The molecule has 0 amide bonds. The van der Waals surface area contributed by atoms with E-state index in [9.17, 15) is 0 Å². The van der Waals surface area contributed by atoms with Crippen LogP contribution in [0.15, 0.2) is 43.1 Å². The zero-order valence-electron chi connectivity index (χ0n) is 11.6. The number of rotatable bonds is 3. The molecule has 22 heavy (non-hydrogen) atoms. The van der Waals surface area contributed by atoms with E-state index in [2.05, 4.69) is 30.4 Å². The van der Waals surface area contributed by atoms with E-state index >= 15 is 0 Å². The van der Waals surface area contributed by atoms with Crippen molar-refractivity contribution in [3.63, 3.8) is 0 Å². The van der Waals surface area contributed by atoms with Gasteiger partial charge in [-0.25, -0.2) is 9.97 Å². The Balaban J connectivity index is 1.70. The van der Waals surface area contributed by atoms with E-state index in [1.54, 1.807) is 25.8 Å². The molecule has 0 atom stereocenters. The number of aromatic nitrogens is 7. The molecule has 0 aliphatic carbocycles. The number of methoxy groups -OCH3 is 1. The smallest absolute Gasteiger partial charge is 0.138 e. The highest BCUT2D eigenvalue weighted by atomic mass is 16.5. The first-order chi connectivity index (χ1) is 10.8. The summed E-state index contributed by atoms with van der Waals surface area (Å²) in [6.45, 7) is 0. The standard InChI is InChI=1S/C14H11N7O/c1-22-9-2-3-14(16-5-9)21-7-13(17-8-21)10-4-11-12(6-15-10)19-20-18-11/h2-8H,1H3,(H,18,19,20). The van der Waals surface area contributed by atoms with Gasteiger partial charge in [0.2, 0.25) is 0 Å². The summed E-state index contributed by atoms with van der Waals surface area (Å²) in [5.41, 5.74) is 2.94. The number of imidazole rings is 1. The highest BCUT2D eigenvalue weighted by Gasteiger charge is 2.08. The Bertz CT molecular complexity index is 926. The Hall–Kier alpha value is -3.29. The van der Waals surface area contributed by atoms with Gasteiger partial charge in [0.05, 0.1) is 25.2 Å². The average Bonchev–Trinajstić information content (AvgIpc) is 3.23. The predicted molar refractivity (Wildman–Crippen MR) is 78.6 cm³/mol. The lowest BCUT2D eigenvalue weighted by atomic mass is 10.2. The number of pyridine rings is 2. The first-order valence-corrected chi connectivity index (χ1v) is 6.55. The molecule has 0 saturated heterocycles. The molecule has 0 radical (unpaired) electrons. The normalized spacial score (nSPS) is 11.0. The Morgan fingerprint density at radius 3 is 2.73 bits per heavy atom. The summed E-state index contributed by atoms with van der Waals surface area (Å²) in [5, 5.41) is 10.6. The van der Waals surface area contributed by atoms with Crippen molar-refractivity contribution in [1.82, 2.24) is 34.9 Å². The Kier molecular flexibility index (Phi) is 2.78. The van der Waals surface area contributed by atoms with Crippen molar-refractivity contribution in [2.24, 2.45) is 0 Å². The summed E-state index contributed by atoms with van der Waals surface area (Å²) in [6, 6.07) is 5.55. The van der Waals surface area contributed by atoms with Gasteiger partial charge in [-0.2, -0.15) is 15.4 Å². The number of nitrogens with one attached hydrogen (secondary N) is 1. The maximum Gasteiger partial charge on any atom is 0.138 e. The molecule has 0 saturated carbocycles. The van der Waals surface area contributed by atoms with Crippen LogP contribution < -0.4 is 4.74 Å². The molecule has 108 valence electrons. The Labute approximate surface area is 124 Å². The van der Waals surface area contributed by atoms with Crippen molar-refractivity contribution in [2.45, 2.75) is 0 Å². The van der Waals surface area contributed by atoms with Crippen LogP contribution in [0.4, 0.5) is 0 Å². The molecule has 0 aliphatic heterocycles. The molecule has 4 rings (SSSR count). The zero-order valence-corrected chi connectivity index (χ0v) is 11.6. The molecule has 1 N–H and O–H groups in total. The second kappa shape index (κ2) is 4.92. The van der Waals surface area contributed by atoms with Gasteiger partial charge in [0, 0.05) is 6.20 Å². The molecule has 8 heteroatoms. The van der Waals surface area contributed by atoms with Crippen molar-refractivity contribution in [1.29, 1.82) is 0 Å². The molecule has 4 aromatic rings. The fraction of sp³-hybridized carbons (Fsp3) is 0.0714. The molecular formula is C14H11N7O. The van der Waals surface area contributed by atoms with E-state index in [0.717, 1.165) is 28.2 Å². The number of ether oxygens (including phenoxy) is 1. The summed E-state index contributed by atoms with van der Waals surface area (Å²) in [5.74, 6) is 1.46. The Morgan fingerprint density at radius 1 is 1.00 bits per heavy atom. The molecule has 4 aromatic heterocycles. The quantitative estimate of drug-likeness (QED) is 0.616. The van der Waals surface area contributed by atoms with Crippen LogP contribution in [0.3, 0.4) is 0 Å². The van der Waals surface area contributed by atoms with Crippen molar-refractivity contribution >= 4 is 11.0 Å². The maximum atomic E-state index is 5.10. The number of fused-ring (bicyclic) bond motifs is 1. The van der Waals surface area contributed by atoms with Gasteiger partial charge in [0.15, 0.2) is 0 Å². The molecule has 0 spiro atoms. The van der Waals surface area contributed by atoms with E-state index in [0.29, 0.717) is 5.75 Å². The Morgan fingerprint density at radius 2 is 1.91 bits per heavy atom. The third-order valence-corrected chi connectivity index (χ3v) is 3.27. The molecular weight excluding hydrogens is 282 g/mol. The topological polar surface area (TPSA) is 94.4 Å². The van der Waals surface area contributed by atoms with Crippen molar-refractivity contribution < 1.29 is 4.74 Å². The number of H-pyrrole nitrogens is 1. The predicted octanol–water partition coefficient (Wildman–Crippen LogP) is 1.61. The summed E-state index contributed by atoms with van der Waals surface area (Å²) in [7, 11) is 1.61. The van der Waals surface area contributed by atoms with Gasteiger partial charge >= 0.3 is 0 Å². The number of aromatic amines is 1. The van der Waals surface area contributed by atoms with Gasteiger partial charge < -0.3 is 4.74 Å². The fourth-order valence-corrected chi connectivity index (χ4v) is 2.11. The van der Waals surface area contributed by atoms with Gasteiger partial charge in [-0.05, 0) is 18.2 Å². The summed E-state index contributed by atoms with van der Waals surface area (Å²) in [4.78, 5) is 13.0. The third-order valence-electron chi connectivity index (χ3n) is 3.27. The van der Waals surface area contributed by atoms with Crippen LogP contribution in [0.25, 0.3) is 28.2 Å². The monoisotopic (exact) mass is 293 g/mol. The van der Waals surface area contributed by atoms with E-state index in [1.165, 1.54) is 0 Å².